The van der Waals surface area contributed by atoms with Crippen LogP contribution in [-0.4, -0.2) is 4.98 Å². The SMILES string of the molecule is CC(N)(c1ccccc1)c1nc2cc(Cl)c(F)cc2o1. The lowest BCUT2D eigenvalue weighted by Crippen LogP contribution is -2.34. The topological polar surface area (TPSA) is 52.0 Å². The van der Waals surface area contributed by atoms with Gasteiger partial charge in [0.2, 0.25) is 5.89 Å². The fourth-order valence-corrected chi connectivity index (χ4v) is 2.21. The second-order valence-corrected chi connectivity index (χ2v) is 5.23. The molecular weight excluding hydrogens is 279 g/mol. The number of benzene rings is 2. The van der Waals surface area contributed by atoms with Crippen molar-refractivity contribution in [3.63, 3.8) is 0 Å². The molecule has 0 aliphatic heterocycles. The summed E-state index contributed by atoms with van der Waals surface area (Å²) in [5.41, 5.74) is 7.09. The molecule has 0 bridgehead atoms. The zero-order valence-corrected chi connectivity index (χ0v) is 11.5. The molecule has 2 aromatic carbocycles. The smallest absolute Gasteiger partial charge is 0.219 e. The zero-order valence-electron chi connectivity index (χ0n) is 10.7. The standard InChI is InChI=1S/C15H12ClFN2O/c1-15(18,9-5-3-2-4-6-9)14-19-12-7-10(16)11(17)8-13(12)20-14/h2-8H,18H2,1H3. The number of hydrogen-bond donors (Lipinski definition) is 1. The van der Waals surface area contributed by atoms with Gasteiger partial charge in [-0.1, -0.05) is 41.9 Å². The predicted molar refractivity (Wildman–Crippen MR) is 76.1 cm³/mol. The number of nitrogens with zero attached hydrogens (tertiary/aromatic N) is 1. The minimum absolute atomic E-state index is 0.00999. The molecule has 0 saturated carbocycles. The molecule has 0 amide bonds. The Labute approximate surface area is 120 Å². The van der Waals surface area contributed by atoms with E-state index in [9.17, 15) is 4.39 Å². The largest absolute Gasteiger partial charge is 0.438 e. The van der Waals surface area contributed by atoms with Crippen LogP contribution in [-0.2, 0) is 5.54 Å². The van der Waals surface area contributed by atoms with Crippen molar-refractivity contribution in [3.8, 4) is 0 Å². The number of rotatable bonds is 2. The molecule has 3 rings (SSSR count). The number of halogens is 2. The van der Waals surface area contributed by atoms with Crippen LogP contribution < -0.4 is 5.73 Å². The van der Waals surface area contributed by atoms with Gasteiger partial charge >= 0.3 is 0 Å². The van der Waals surface area contributed by atoms with E-state index in [0.29, 0.717) is 17.0 Å². The van der Waals surface area contributed by atoms with Crippen molar-refractivity contribution in [2.24, 2.45) is 5.73 Å². The van der Waals surface area contributed by atoms with Crippen LogP contribution in [0.15, 0.2) is 46.9 Å². The van der Waals surface area contributed by atoms with Crippen LogP contribution in [0, 0.1) is 5.82 Å². The minimum atomic E-state index is -0.900. The molecule has 1 atom stereocenters. The first-order chi connectivity index (χ1) is 9.48. The van der Waals surface area contributed by atoms with E-state index in [4.69, 9.17) is 21.8 Å². The van der Waals surface area contributed by atoms with Gasteiger partial charge in [0.1, 0.15) is 16.9 Å². The van der Waals surface area contributed by atoms with Gasteiger partial charge in [-0.3, -0.25) is 0 Å². The molecule has 5 heteroatoms. The molecule has 0 fully saturated rings. The third-order valence-corrected chi connectivity index (χ3v) is 3.54. The zero-order chi connectivity index (χ0) is 14.3. The first-order valence-corrected chi connectivity index (χ1v) is 6.47. The molecule has 20 heavy (non-hydrogen) atoms. The second kappa shape index (κ2) is 4.58. The molecule has 0 saturated heterocycles. The normalized spacial score (nSPS) is 14.4. The fourth-order valence-electron chi connectivity index (χ4n) is 2.05. The summed E-state index contributed by atoms with van der Waals surface area (Å²) < 4.78 is 19.0. The van der Waals surface area contributed by atoms with E-state index >= 15 is 0 Å². The van der Waals surface area contributed by atoms with Crippen LogP contribution in [0.1, 0.15) is 18.4 Å². The molecule has 3 aromatic rings. The Morgan fingerprint density at radius 3 is 2.65 bits per heavy atom. The van der Waals surface area contributed by atoms with E-state index in [1.807, 2.05) is 30.3 Å². The lowest BCUT2D eigenvalue weighted by Gasteiger charge is -2.20. The molecule has 1 aromatic heterocycles. The molecule has 0 aliphatic carbocycles. The van der Waals surface area contributed by atoms with Gasteiger partial charge in [0.25, 0.3) is 0 Å². The monoisotopic (exact) mass is 290 g/mol. The summed E-state index contributed by atoms with van der Waals surface area (Å²) in [7, 11) is 0. The Kier molecular flexibility index (Phi) is 3.00. The Balaban J connectivity index is 2.15. The quantitative estimate of drug-likeness (QED) is 0.780. The number of aromatic nitrogens is 1. The summed E-state index contributed by atoms with van der Waals surface area (Å²) in [6, 6.07) is 12.1. The molecule has 1 unspecified atom stereocenters. The maximum Gasteiger partial charge on any atom is 0.219 e. The van der Waals surface area contributed by atoms with Gasteiger partial charge in [-0.05, 0) is 18.6 Å². The summed E-state index contributed by atoms with van der Waals surface area (Å²) in [6.07, 6.45) is 0. The van der Waals surface area contributed by atoms with E-state index in [2.05, 4.69) is 4.98 Å². The van der Waals surface area contributed by atoms with Crippen molar-refractivity contribution in [2.45, 2.75) is 12.5 Å². The van der Waals surface area contributed by atoms with E-state index in [-0.39, 0.29) is 5.02 Å². The van der Waals surface area contributed by atoms with Gasteiger partial charge < -0.3 is 10.2 Å². The molecule has 0 spiro atoms. The first kappa shape index (κ1) is 13.1. The van der Waals surface area contributed by atoms with E-state index in [1.165, 1.54) is 12.1 Å². The summed E-state index contributed by atoms with van der Waals surface area (Å²) in [6.45, 7) is 1.80. The highest BCUT2D eigenvalue weighted by atomic mass is 35.5. The van der Waals surface area contributed by atoms with Gasteiger partial charge in [-0.25, -0.2) is 9.37 Å². The predicted octanol–water partition coefficient (Wildman–Crippen LogP) is 3.84. The van der Waals surface area contributed by atoms with Crippen molar-refractivity contribution in [2.75, 3.05) is 0 Å². The van der Waals surface area contributed by atoms with Crippen molar-refractivity contribution in [1.29, 1.82) is 0 Å². The van der Waals surface area contributed by atoms with Gasteiger partial charge in [0.15, 0.2) is 5.58 Å². The second-order valence-electron chi connectivity index (χ2n) is 4.82. The van der Waals surface area contributed by atoms with Crippen LogP contribution in [0.5, 0.6) is 0 Å². The van der Waals surface area contributed by atoms with Crippen LogP contribution in [0.25, 0.3) is 11.1 Å². The summed E-state index contributed by atoms with van der Waals surface area (Å²) in [5, 5.41) is 0.00999. The molecule has 102 valence electrons. The molecule has 2 N–H and O–H groups in total. The number of oxazole rings is 1. The third kappa shape index (κ3) is 2.07. The van der Waals surface area contributed by atoms with Gasteiger partial charge in [-0.15, -0.1) is 0 Å². The van der Waals surface area contributed by atoms with Crippen LogP contribution in [0.2, 0.25) is 5.02 Å². The van der Waals surface area contributed by atoms with Crippen LogP contribution in [0.3, 0.4) is 0 Å². The highest BCUT2D eigenvalue weighted by Gasteiger charge is 2.29. The van der Waals surface area contributed by atoms with Crippen molar-refractivity contribution >= 4 is 22.7 Å². The summed E-state index contributed by atoms with van der Waals surface area (Å²) in [4.78, 5) is 4.32. The average molecular weight is 291 g/mol. The Bertz CT molecular complexity index is 729. The molecular formula is C15H12ClFN2O. The maximum absolute atomic E-state index is 13.4. The van der Waals surface area contributed by atoms with Gasteiger partial charge in [-0.2, -0.15) is 0 Å². The number of hydrogen-bond acceptors (Lipinski definition) is 3. The first-order valence-electron chi connectivity index (χ1n) is 6.09. The molecule has 1 heterocycles. The van der Waals surface area contributed by atoms with Crippen LogP contribution >= 0.6 is 11.6 Å². The van der Waals surface area contributed by atoms with E-state index in [1.54, 1.807) is 6.92 Å². The Morgan fingerprint density at radius 1 is 1.25 bits per heavy atom. The lowest BCUT2D eigenvalue weighted by atomic mass is 9.93. The minimum Gasteiger partial charge on any atom is -0.438 e. The van der Waals surface area contributed by atoms with Gasteiger partial charge in [0.05, 0.1) is 5.02 Å². The van der Waals surface area contributed by atoms with Crippen molar-refractivity contribution in [3.05, 3.63) is 64.8 Å². The van der Waals surface area contributed by atoms with Crippen molar-refractivity contribution in [1.82, 2.24) is 4.98 Å². The molecule has 3 nitrogen and oxygen atoms in total. The van der Waals surface area contributed by atoms with E-state index in [0.717, 1.165) is 5.56 Å². The maximum atomic E-state index is 13.4. The third-order valence-electron chi connectivity index (χ3n) is 3.25. The number of nitrogens with two attached hydrogens (primary N) is 1. The fraction of sp³-hybridized carbons (Fsp3) is 0.133. The van der Waals surface area contributed by atoms with Crippen molar-refractivity contribution < 1.29 is 8.81 Å². The van der Waals surface area contributed by atoms with Gasteiger partial charge in [0, 0.05) is 6.07 Å². The van der Waals surface area contributed by atoms with E-state index < -0.39 is 11.4 Å². The Hall–Kier alpha value is -1.91. The Morgan fingerprint density at radius 2 is 1.95 bits per heavy atom. The summed E-state index contributed by atoms with van der Waals surface area (Å²) >= 11 is 5.74. The summed E-state index contributed by atoms with van der Waals surface area (Å²) in [5.74, 6) is -0.222. The lowest BCUT2D eigenvalue weighted by molar-refractivity contribution is 0.418. The molecule has 0 radical (unpaired) electrons. The highest BCUT2D eigenvalue weighted by Crippen LogP contribution is 2.30. The van der Waals surface area contributed by atoms with Crippen LogP contribution in [0.4, 0.5) is 4.39 Å². The molecule has 0 aliphatic rings. The number of fused-ring (bicyclic) bond motifs is 1. The highest BCUT2D eigenvalue weighted by molar-refractivity contribution is 6.31. The average Bonchev–Trinajstić information content (AvgIpc) is 2.84.